The zero-order valence-corrected chi connectivity index (χ0v) is 13.4. The van der Waals surface area contributed by atoms with Crippen LogP contribution in [0.3, 0.4) is 0 Å². The molecule has 0 aromatic carbocycles. The molecule has 1 saturated carbocycles. The molecule has 112 valence electrons. The molecule has 2 aliphatic rings. The molecule has 2 nitrogen and oxygen atoms in total. The first-order valence-electron chi connectivity index (χ1n) is 8.22. The number of rotatable bonds is 5. The Bertz CT molecular complexity index is 397. The molecule has 1 saturated heterocycles. The summed E-state index contributed by atoms with van der Waals surface area (Å²) in [5.41, 5.74) is 1.72. The molecule has 1 aliphatic heterocycles. The molecule has 1 aromatic rings. The zero-order chi connectivity index (χ0) is 13.8. The maximum absolute atomic E-state index is 6.20. The quantitative estimate of drug-likeness (QED) is 0.861. The van der Waals surface area contributed by atoms with Gasteiger partial charge in [0.1, 0.15) is 0 Å². The molecule has 2 atom stereocenters. The predicted molar refractivity (Wildman–Crippen MR) is 85.2 cm³/mol. The topological polar surface area (TPSA) is 21.3 Å². The van der Waals surface area contributed by atoms with E-state index < -0.39 is 0 Å². The molecule has 20 heavy (non-hydrogen) atoms. The number of ether oxygens (including phenoxy) is 1. The summed E-state index contributed by atoms with van der Waals surface area (Å²) < 4.78 is 6.20. The Morgan fingerprint density at radius 3 is 3.00 bits per heavy atom. The average molecular weight is 293 g/mol. The van der Waals surface area contributed by atoms with Crippen LogP contribution >= 0.6 is 11.3 Å². The predicted octanol–water partition coefficient (Wildman–Crippen LogP) is 4.53. The monoisotopic (exact) mass is 293 g/mol. The van der Waals surface area contributed by atoms with E-state index in [0.29, 0.717) is 6.04 Å². The molecule has 0 radical (unpaired) electrons. The Kier molecular flexibility index (Phi) is 4.79. The minimum absolute atomic E-state index is 0.227. The Morgan fingerprint density at radius 2 is 2.30 bits per heavy atom. The van der Waals surface area contributed by atoms with Gasteiger partial charge in [-0.05, 0) is 67.0 Å². The molecule has 1 spiro atoms. The molecular formula is C17H27NOS. The molecule has 1 aliphatic carbocycles. The van der Waals surface area contributed by atoms with Gasteiger partial charge in [0.05, 0.1) is 5.60 Å². The minimum atomic E-state index is 0.227. The Morgan fingerprint density at radius 1 is 1.45 bits per heavy atom. The van der Waals surface area contributed by atoms with E-state index in [2.05, 4.69) is 29.1 Å². The second kappa shape index (κ2) is 6.59. The van der Waals surface area contributed by atoms with E-state index in [0.717, 1.165) is 19.1 Å². The molecule has 0 bridgehead atoms. The molecule has 0 amide bonds. The van der Waals surface area contributed by atoms with Crippen molar-refractivity contribution in [2.75, 3.05) is 13.2 Å². The van der Waals surface area contributed by atoms with E-state index in [-0.39, 0.29) is 5.60 Å². The van der Waals surface area contributed by atoms with Crippen molar-refractivity contribution < 1.29 is 4.74 Å². The second-order valence-corrected chi connectivity index (χ2v) is 7.26. The lowest BCUT2D eigenvalue weighted by Gasteiger charge is -2.41. The van der Waals surface area contributed by atoms with Gasteiger partial charge in [0.2, 0.25) is 0 Å². The summed E-state index contributed by atoms with van der Waals surface area (Å²) in [7, 11) is 0. The van der Waals surface area contributed by atoms with Gasteiger partial charge in [0.15, 0.2) is 0 Å². The molecule has 3 rings (SSSR count). The highest BCUT2D eigenvalue weighted by atomic mass is 32.1. The highest BCUT2D eigenvalue weighted by Gasteiger charge is 2.42. The first-order chi connectivity index (χ1) is 9.83. The van der Waals surface area contributed by atoms with E-state index in [1.54, 1.807) is 0 Å². The van der Waals surface area contributed by atoms with Crippen LogP contribution in [0.1, 0.15) is 63.5 Å². The van der Waals surface area contributed by atoms with Crippen molar-refractivity contribution in [1.29, 1.82) is 0 Å². The SMILES string of the molecule is CCCNC(c1ccsc1)C1CCOC2(CCCC2)C1. The van der Waals surface area contributed by atoms with Gasteiger partial charge >= 0.3 is 0 Å². The Labute approximate surface area is 126 Å². The van der Waals surface area contributed by atoms with Gasteiger partial charge < -0.3 is 10.1 Å². The first kappa shape index (κ1) is 14.6. The molecule has 1 aromatic heterocycles. The van der Waals surface area contributed by atoms with Crippen LogP contribution in [0, 0.1) is 5.92 Å². The van der Waals surface area contributed by atoms with Crippen LogP contribution in [0.15, 0.2) is 16.8 Å². The fourth-order valence-electron chi connectivity index (χ4n) is 4.03. The second-order valence-electron chi connectivity index (χ2n) is 6.48. The number of hydrogen-bond acceptors (Lipinski definition) is 3. The largest absolute Gasteiger partial charge is 0.375 e. The van der Waals surface area contributed by atoms with Crippen molar-refractivity contribution in [3.8, 4) is 0 Å². The summed E-state index contributed by atoms with van der Waals surface area (Å²) in [6.45, 7) is 4.32. The highest BCUT2D eigenvalue weighted by Crippen LogP contribution is 2.45. The van der Waals surface area contributed by atoms with Crippen LogP contribution in [0.2, 0.25) is 0 Å². The molecule has 2 heterocycles. The minimum Gasteiger partial charge on any atom is -0.375 e. The van der Waals surface area contributed by atoms with E-state index in [1.807, 2.05) is 11.3 Å². The van der Waals surface area contributed by atoms with Crippen LogP contribution in [0.25, 0.3) is 0 Å². The Balaban J connectivity index is 1.72. The van der Waals surface area contributed by atoms with Gasteiger partial charge in [-0.15, -0.1) is 0 Å². The normalized spacial score (nSPS) is 26.9. The van der Waals surface area contributed by atoms with Crippen molar-refractivity contribution >= 4 is 11.3 Å². The average Bonchev–Trinajstić information content (AvgIpc) is 3.12. The lowest BCUT2D eigenvalue weighted by Crippen LogP contribution is -2.42. The van der Waals surface area contributed by atoms with Crippen LogP contribution < -0.4 is 5.32 Å². The maximum Gasteiger partial charge on any atom is 0.0686 e. The lowest BCUT2D eigenvalue weighted by molar-refractivity contribution is -0.0981. The molecular weight excluding hydrogens is 266 g/mol. The Hall–Kier alpha value is -0.380. The summed E-state index contributed by atoms with van der Waals surface area (Å²) in [6.07, 6.45) is 8.95. The van der Waals surface area contributed by atoms with Crippen molar-refractivity contribution in [3.05, 3.63) is 22.4 Å². The molecule has 2 unspecified atom stereocenters. The van der Waals surface area contributed by atoms with Crippen LogP contribution in [-0.4, -0.2) is 18.8 Å². The number of nitrogens with one attached hydrogen (secondary N) is 1. The highest BCUT2D eigenvalue weighted by molar-refractivity contribution is 7.07. The fraction of sp³-hybridized carbons (Fsp3) is 0.765. The molecule has 1 N–H and O–H groups in total. The third-order valence-corrected chi connectivity index (χ3v) is 5.74. The van der Waals surface area contributed by atoms with E-state index in [9.17, 15) is 0 Å². The van der Waals surface area contributed by atoms with Crippen molar-refractivity contribution in [3.63, 3.8) is 0 Å². The first-order valence-corrected chi connectivity index (χ1v) is 9.17. The van der Waals surface area contributed by atoms with E-state index in [1.165, 1.54) is 50.5 Å². The smallest absolute Gasteiger partial charge is 0.0686 e. The zero-order valence-electron chi connectivity index (χ0n) is 12.6. The lowest BCUT2D eigenvalue weighted by atomic mass is 9.79. The van der Waals surface area contributed by atoms with Crippen molar-refractivity contribution in [2.45, 2.75) is 63.5 Å². The van der Waals surface area contributed by atoms with Gasteiger partial charge in [-0.1, -0.05) is 19.8 Å². The molecule has 2 fully saturated rings. The summed E-state index contributed by atoms with van der Waals surface area (Å²) in [4.78, 5) is 0. The standard InChI is InChI=1S/C17H27NOS/c1-2-9-18-16(15-6-11-20-13-15)14-5-10-19-17(12-14)7-3-4-8-17/h6,11,13-14,16,18H,2-5,7-10,12H2,1H3. The van der Waals surface area contributed by atoms with Gasteiger partial charge in [-0.25, -0.2) is 0 Å². The number of hydrogen-bond donors (Lipinski definition) is 1. The van der Waals surface area contributed by atoms with Crippen molar-refractivity contribution in [2.24, 2.45) is 5.92 Å². The maximum atomic E-state index is 6.20. The van der Waals surface area contributed by atoms with Crippen molar-refractivity contribution in [1.82, 2.24) is 5.32 Å². The van der Waals surface area contributed by atoms with E-state index in [4.69, 9.17) is 4.74 Å². The summed E-state index contributed by atoms with van der Waals surface area (Å²) in [5.74, 6) is 0.739. The van der Waals surface area contributed by atoms with Crippen LogP contribution in [-0.2, 0) is 4.74 Å². The van der Waals surface area contributed by atoms with Gasteiger partial charge in [-0.3, -0.25) is 0 Å². The third kappa shape index (κ3) is 3.10. The van der Waals surface area contributed by atoms with Gasteiger partial charge in [0, 0.05) is 12.6 Å². The van der Waals surface area contributed by atoms with E-state index >= 15 is 0 Å². The van der Waals surface area contributed by atoms with Gasteiger partial charge in [-0.2, -0.15) is 11.3 Å². The van der Waals surface area contributed by atoms with Gasteiger partial charge in [0.25, 0.3) is 0 Å². The van der Waals surface area contributed by atoms with Crippen LogP contribution in [0.4, 0.5) is 0 Å². The summed E-state index contributed by atoms with van der Waals surface area (Å²) >= 11 is 1.82. The summed E-state index contributed by atoms with van der Waals surface area (Å²) in [6, 6.07) is 2.83. The van der Waals surface area contributed by atoms with Crippen LogP contribution in [0.5, 0.6) is 0 Å². The molecule has 3 heteroatoms. The summed E-state index contributed by atoms with van der Waals surface area (Å²) in [5, 5.41) is 8.33. The fourth-order valence-corrected chi connectivity index (χ4v) is 4.72. The third-order valence-electron chi connectivity index (χ3n) is 5.03. The number of thiophene rings is 1.